The molecule has 2 aliphatic rings. The van der Waals surface area contributed by atoms with Gasteiger partial charge in [-0.1, -0.05) is 6.07 Å². The number of amides is 1. The molecule has 0 spiro atoms. The summed E-state index contributed by atoms with van der Waals surface area (Å²) in [6.45, 7) is 5.65. The first kappa shape index (κ1) is 16.1. The van der Waals surface area contributed by atoms with Gasteiger partial charge in [-0.25, -0.2) is 4.98 Å². The van der Waals surface area contributed by atoms with E-state index in [2.05, 4.69) is 16.0 Å². The van der Waals surface area contributed by atoms with E-state index < -0.39 is 0 Å². The molecule has 2 aromatic heterocycles. The fraction of sp³-hybridized carbons (Fsp3) is 0.474. The first-order valence-corrected chi connectivity index (χ1v) is 8.84. The second-order valence-electron chi connectivity index (χ2n) is 6.77. The van der Waals surface area contributed by atoms with E-state index in [4.69, 9.17) is 9.15 Å². The van der Waals surface area contributed by atoms with Gasteiger partial charge in [-0.15, -0.1) is 0 Å². The molecule has 2 saturated heterocycles. The summed E-state index contributed by atoms with van der Waals surface area (Å²) in [5.74, 6) is 1.72. The van der Waals surface area contributed by atoms with Crippen molar-refractivity contribution in [3.63, 3.8) is 0 Å². The zero-order valence-electron chi connectivity index (χ0n) is 14.4. The fourth-order valence-electron chi connectivity index (χ4n) is 3.70. The Labute approximate surface area is 147 Å². The number of hydrogen-bond acceptors (Lipinski definition) is 5. The van der Waals surface area contributed by atoms with Gasteiger partial charge in [0.15, 0.2) is 5.76 Å². The quantitative estimate of drug-likeness (QED) is 0.839. The lowest BCUT2D eigenvalue weighted by Gasteiger charge is -2.38. The molecule has 2 fully saturated rings. The average Bonchev–Trinajstić information content (AvgIpc) is 3.07. The highest BCUT2D eigenvalue weighted by Crippen LogP contribution is 2.27. The molecule has 0 saturated carbocycles. The molecular formula is C19H23N3O3. The molecule has 25 heavy (non-hydrogen) atoms. The van der Waals surface area contributed by atoms with Gasteiger partial charge in [0.05, 0.1) is 19.0 Å². The van der Waals surface area contributed by atoms with Crippen molar-refractivity contribution in [2.45, 2.75) is 19.4 Å². The number of nitrogens with zero attached hydrogens (tertiary/aromatic N) is 3. The van der Waals surface area contributed by atoms with E-state index in [0.29, 0.717) is 24.8 Å². The van der Waals surface area contributed by atoms with Crippen molar-refractivity contribution in [1.82, 2.24) is 9.88 Å². The number of hydrogen-bond donors (Lipinski definition) is 0. The number of anilines is 1. The summed E-state index contributed by atoms with van der Waals surface area (Å²) in [5.41, 5.74) is 1.02. The maximum absolute atomic E-state index is 12.6. The van der Waals surface area contributed by atoms with Crippen LogP contribution in [0.1, 0.15) is 22.7 Å². The topological polar surface area (TPSA) is 58.8 Å². The maximum Gasteiger partial charge on any atom is 0.289 e. The van der Waals surface area contributed by atoms with Gasteiger partial charge in [0, 0.05) is 37.8 Å². The SMILES string of the molecule is Cc1cccc(N2CC[C@H]3CN(C(=O)c4ccco4)CCO[C@H]3C2)n1. The molecule has 4 rings (SSSR count). The Morgan fingerprint density at radius 3 is 2.92 bits per heavy atom. The van der Waals surface area contributed by atoms with Crippen LogP contribution in [-0.4, -0.2) is 54.7 Å². The lowest BCUT2D eigenvalue weighted by Crippen LogP contribution is -2.47. The molecule has 1 amide bonds. The number of pyridine rings is 1. The summed E-state index contributed by atoms with van der Waals surface area (Å²) in [6, 6.07) is 9.57. The molecule has 0 radical (unpaired) electrons. The predicted octanol–water partition coefficient (Wildman–Crippen LogP) is 2.35. The van der Waals surface area contributed by atoms with Crippen molar-refractivity contribution >= 4 is 11.7 Å². The summed E-state index contributed by atoms with van der Waals surface area (Å²) in [7, 11) is 0. The van der Waals surface area contributed by atoms with Crippen molar-refractivity contribution in [3.05, 3.63) is 48.0 Å². The number of aromatic nitrogens is 1. The number of fused-ring (bicyclic) bond motifs is 1. The van der Waals surface area contributed by atoms with Crippen LogP contribution >= 0.6 is 0 Å². The largest absolute Gasteiger partial charge is 0.459 e. The number of aryl methyl sites for hydroxylation is 1. The summed E-state index contributed by atoms with van der Waals surface area (Å²) in [4.78, 5) is 21.4. The molecule has 0 unspecified atom stereocenters. The highest BCUT2D eigenvalue weighted by Gasteiger charge is 2.35. The van der Waals surface area contributed by atoms with E-state index in [0.717, 1.165) is 37.6 Å². The number of carbonyl (C=O) groups is 1. The smallest absolute Gasteiger partial charge is 0.289 e. The Morgan fingerprint density at radius 2 is 2.12 bits per heavy atom. The van der Waals surface area contributed by atoms with Gasteiger partial charge in [-0.3, -0.25) is 4.79 Å². The zero-order valence-corrected chi connectivity index (χ0v) is 14.4. The molecule has 6 nitrogen and oxygen atoms in total. The van der Waals surface area contributed by atoms with Crippen LogP contribution in [0.5, 0.6) is 0 Å². The normalized spacial score (nSPS) is 23.9. The minimum Gasteiger partial charge on any atom is -0.459 e. The molecule has 2 aliphatic heterocycles. The minimum absolute atomic E-state index is 0.0444. The fourth-order valence-corrected chi connectivity index (χ4v) is 3.70. The third-order valence-electron chi connectivity index (χ3n) is 5.06. The van der Waals surface area contributed by atoms with Gasteiger partial charge < -0.3 is 19.0 Å². The number of ether oxygens (including phenoxy) is 1. The molecule has 6 heteroatoms. The lowest BCUT2D eigenvalue weighted by atomic mass is 9.93. The third kappa shape index (κ3) is 3.39. The molecule has 132 valence electrons. The molecule has 0 bridgehead atoms. The molecule has 0 aromatic carbocycles. The van der Waals surface area contributed by atoms with Gasteiger partial charge in [0.2, 0.25) is 0 Å². The van der Waals surface area contributed by atoms with Crippen LogP contribution < -0.4 is 4.90 Å². The number of carbonyl (C=O) groups excluding carboxylic acids is 1. The van der Waals surface area contributed by atoms with Gasteiger partial charge in [0.25, 0.3) is 5.91 Å². The van der Waals surface area contributed by atoms with Crippen LogP contribution in [0.3, 0.4) is 0 Å². The van der Waals surface area contributed by atoms with E-state index >= 15 is 0 Å². The van der Waals surface area contributed by atoms with Gasteiger partial charge in [-0.05, 0) is 37.6 Å². The highest BCUT2D eigenvalue weighted by atomic mass is 16.5. The summed E-state index contributed by atoms with van der Waals surface area (Å²) >= 11 is 0. The maximum atomic E-state index is 12.6. The van der Waals surface area contributed by atoms with Gasteiger partial charge in [0.1, 0.15) is 5.82 Å². The monoisotopic (exact) mass is 341 g/mol. The van der Waals surface area contributed by atoms with E-state index in [1.54, 1.807) is 12.1 Å². The van der Waals surface area contributed by atoms with Gasteiger partial charge in [-0.2, -0.15) is 0 Å². The number of furan rings is 1. The van der Waals surface area contributed by atoms with E-state index in [1.165, 1.54) is 6.26 Å². The number of rotatable bonds is 2. The van der Waals surface area contributed by atoms with Crippen molar-refractivity contribution in [2.24, 2.45) is 5.92 Å². The summed E-state index contributed by atoms with van der Waals surface area (Å²) in [6.07, 6.45) is 2.66. The number of piperidine rings is 1. The third-order valence-corrected chi connectivity index (χ3v) is 5.06. The van der Waals surface area contributed by atoms with E-state index in [-0.39, 0.29) is 12.0 Å². The Hall–Kier alpha value is -2.34. The Kier molecular flexibility index (Phi) is 4.44. The second-order valence-corrected chi connectivity index (χ2v) is 6.77. The molecule has 2 aromatic rings. The van der Waals surface area contributed by atoms with Gasteiger partial charge >= 0.3 is 0 Å². The van der Waals surface area contributed by atoms with Crippen LogP contribution in [0.2, 0.25) is 0 Å². The second kappa shape index (κ2) is 6.88. The van der Waals surface area contributed by atoms with Crippen molar-refractivity contribution in [1.29, 1.82) is 0 Å². The molecular weight excluding hydrogens is 318 g/mol. The molecule has 0 N–H and O–H groups in total. The predicted molar refractivity (Wildman–Crippen MR) is 93.6 cm³/mol. The van der Waals surface area contributed by atoms with Crippen molar-refractivity contribution in [3.8, 4) is 0 Å². The highest BCUT2D eigenvalue weighted by molar-refractivity contribution is 5.91. The van der Waals surface area contributed by atoms with E-state index in [1.807, 2.05) is 24.0 Å². The van der Waals surface area contributed by atoms with Crippen molar-refractivity contribution in [2.75, 3.05) is 37.7 Å². The molecule has 4 heterocycles. The Balaban J connectivity index is 1.44. The van der Waals surface area contributed by atoms with Crippen LogP contribution in [0.15, 0.2) is 41.0 Å². The van der Waals surface area contributed by atoms with Crippen LogP contribution in [0.25, 0.3) is 0 Å². The Bertz CT molecular complexity index is 731. The van der Waals surface area contributed by atoms with Crippen molar-refractivity contribution < 1.29 is 13.9 Å². The van der Waals surface area contributed by atoms with Crippen LogP contribution in [-0.2, 0) is 4.74 Å². The first-order valence-electron chi connectivity index (χ1n) is 8.84. The first-order chi connectivity index (χ1) is 12.2. The van der Waals surface area contributed by atoms with Crippen LogP contribution in [0, 0.1) is 12.8 Å². The molecule has 0 aliphatic carbocycles. The minimum atomic E-state index is -0.0444. The molecule has 2 atom stereocenters. The average molecular weight is 341 g/mol. The Morgan fingerprint density at radius 1 is 1.20 bits per heavy atom. The standard InChI is InChI=1S/C19H23N3O3/c1-14-4-2-6-18(20-14)21-8-7-15-12-22(9-11-25-17(15)13-21)19(23)16-5-3-10-24-16/h2-6,10,15,17H,7-9,11-13H2,1H3/t15-,17-/m0/s1. The zero-order chi connectivity index (χ0) is 17.2. The van der Waals surface area contributed by atoms with E-state index in [9.17, 15) is 4.79 Å². The van der Waals surface area contributed by atoms with Crippen LogP contribution in [0.4, 0.5) is 5.82 Å². The summed E-state index contributed by atoms with van der Waals surface area (Å²) < 4.78 is 11.4. The summed E-state index contributed by atoms with van der Waals surface area (Å²) in [5, 5.41) is 0. The lowest BCUT2D eigenvalue weighted by molar-refractivity contribution is 0.0251.